The monoisotopic (exact) mass is 271 g/mol. The van der Waals surface area contributed by atoms with Crippen molar-refractivity contribution in [3.05, 3.63) is 17.7 Å². The molecule has 1 aromatic rings. The first-order valence-electron chi connectivity index (χ1n) is 5.71. The van der Waals surface area contributed by atoms with Gasteiger partial charge in [0.2, 0.25) is 0 Å². The minimum absolute atomic E-state index is 0.00473. The fourth-order valence-electron chi connectivity index (χ4n) is 1.40. The van der Waals surface area contributed by atoms with Gasteiger partial charge in [0, 0.05) is 6.04 Å². The number of hydrogen-bond donors (Lipinski definition) is 3. The Morgan fingerprint density at radius 3 is 2.94 bits per heavy atom. The third kappa shape index (κ3) is 4.06. The van der Waals surface area contributed by atoms with Crippen LogP contribution in [-0.4, -0.2) is 44.5 Å². The Kier molecular flexibility index (Phi) is 5.70. The molecule has 1 rings (SSSR count). The van der Waals surface area contributed by atoms with Crippen molar-refractivity contribution in [2.75, 3.05) is 11.5 Å². The van der Waals surface area contributed by atoms with Gasteiger partial charge in [-0.25, -0.2) is 9.78 Å². The normalized spacial score (nSPS) is 12.1. The van der Waals surface area contributed by atoms with Gasteiger partial charge in [-0.15, -0.1) is 0 Å². The van der Waals surface area contributed by atoms with Gasteiger partial charge in [-0.1, -0.05) is 6.92 Å². The summed E-state index contributed by atoms with van der Waals surface area (Å²) in [6, 6.07) is -0.00473. The molecular weight excluding hydrogens is 254 g/mol. The number of carbonyl (C=O) groups excluding carboxylic acids is 1. The maximum absolute atomic E-state index is 11.8. The summed E-state index contributed by atoms with van der Waals surface area (Å²) in [4.78, 5) is 28.8. The number of carbonyl (C=O) groups is 2. The minimum atomic E-state index is -1.19. The molecule has 0 aromatic carbocycles. The number of carboxylic acid groups (broad SMARTS) is 1. The summed E-state index contributed by atoms with van der Waals surface area (Å²) < 4.78 is 0. The van der Waals surface area contributed by atoms with Crippen LogP contribution in [0.2, 0.25) is 0 Å². The lowest BCUT2D eigenvalue weighted by molar-refractivity contribution is 0.0684. The highest BCUT2D eigenvalue weighted by molar-refractivity contribution is 7.99. The fraction of sp³-hybridized carbons (Fsp3) is 0.545. The van der Waals surface area contributed by atoms with Crippen molar-refractivity contribution in [2.24, 2.45) is 0 Å². The molecule has 1 aromatic heterocycles. The van der Waals surface area contributed by atoms with E-state index in [-0.39, 0.29) is 17.4 Å². The van der Waals surface area contributed by atoms with E-state index in [4.69, 9.17) is 5.11 Å². The van der Waals surface area contributed by atoms with Crippen molar-refractivity contribution >= 4 is 23.6 Å². The second kappa shape index (κ2) is 7.05. The molecule has 3 N–H and O–H groups in total. The number of rotatable bonds is 7. The molecule has 0 aliphatic carbocycles. The van der Waals surface area contributed by atoms with Crippen molar-refractivity contribution in [3.8, 4) is 0 Å². The molecule has 0 saturated carbocycles. The van der Waals surface area contributed by atoms with Gasteiger partial charge >= 0.3 is 5.97 Å². The predicted octanol–water partition coefficient (Wildman–Crippen LogP) is 1.37. The highest BCUT2D eigenvalue weighted by Crippen LogP contribution is 2.06. The van der Waals surface area contributed by atoms with Crippen LogP contribution < -0.4 is 5.32 Å². The van der Waals surface area contributed by atoms with Gasteiger partial charge in [-0.2, -0.15) is 11.8 Å². The number of carboxylic acids is 1. The first-order valence-corrected chi connectivity index (χ1v) is 6.87. The van der Waals surface area contributed by atoms with Gasteiger partial charge < -0.3 is 15.4 Å². The quantitative estimate of drug-likeness (QED) is 0.651. The van der Waals surface area contributed by atoms with Crippen LogP contribution in [0.1, 0.15) is 41.2 Å². The van der Waals surface area contributed by atoms with Crippen LogP contribution in [-0.2, 0) is 0 Å². The lowest BCUT2D eigenvalue weighted by atomic mass is 10.2. The minimum Gasteiger partial charge on any atom is -0.477 e. The Morgan fingerprint density at radius 1 is 1.61 bits per heavy atom. The largest absolute Gasteiger partial charge is 0.477 e. The molecule has 18 heavy (non-hydrogen) atoms. The number of H-pyrrole nitrogens is 1. The first kappa shape index (κ1) is 14.6. The Morgan fingerprint density at radius 2 is 2.33 bits per heavy atom. The van der Waals surface area contributed by atoms with Crippen molar-refractivity contribution in [1.82, 2.24) is 15.3 Å². The fourth-order valence-corrected chi connectivity index (χ4v) is 2.21. The molecule has 0 radical (unpaired) electrons. The number of aromatic amines is 1. The molecule has 6 nitrogen and oxygen atoms in total. The third-order valence-corrected chi connectivity index (χ3v) is 3.28. The predicted molar refractivity (Wildman–Crippen MR) is 70.1 cm³/mol. The standard InChI is InChI=1S/C11H17N3O3S/c1-3-18-5-4-7(2)14-10(15)8-9(11(16)17)13-6-12-8/h6-7H,3-5H2,1-2H3,(H,12,13)(H,14,15)(H,16,17). The zero-order valence-electron chi connectivity index (χ0n) is 10.4. The lowest BCUT2D eigenvalue weighted by Crippen LogP contribution is -2.34. The van der Waals surface area contributed by atoms with E-state index in [1.807, 2.05) is 6.92 Å². The van der Waals surface area contributed by atoms with E-state index in [0.717, 1.165) is 17.9 Å². The summed E-state index contributed by atoms with van der Waals surface area (Å²) in [5.41, 5.74) is -0.250. The smallest absolute Gasteiger partial charge is 0.354 e. The molecule has 1 heterocycles. The van der Waals surface area contributed by atoms with E-state index in [0.29, 0.717) is 0 Å². The van der Waals surface area contributed by atoms with Gasteiger partial charge in [-0.3, -0.25) is 4.79 Å². The summed E-state index contributed by atoms with van der Waals surface area (Å²) >= 11 is 1.80. The van der Waals surface area contributed by atoms with Gasteiger partial charge in [-0.05, 0) is 24.9 Å². The van der Waals surface area contributed by atoms with E-state index in [2.05, 4.69) is 22.2 Å². The Labute approximate surface area is 110 Å². The number of thioether (sulfide) groups is 1. The van der Waals surface area contributed by atoms with Gasteiger partial charge in [0.25, 0.3) is 5.91 Å². The van der Waals surface area contributed by atoms with E-state index in [1.54, 1.807) is 11.8 Å². The molecule has 0 fully saturated rings. The van der Waals surface area contributed by atoms with Crippen LogP contribution in [0.15, 0.2) is 6.33 Å². The van der Waals surface area contributed by atoms with E-state index >= 15 is 0 Å². The van der Waals surface area contributed by atoms with Crippen LogP contribution in [0.5, 0.6) is 0 Å². The Bertz CT molecular complexity index is 419. The van der Waals surface area contributed by atoms with Crippen LogP contribution >= 0.6 is 11.8 Å². The molecule has 0 aliphatic heterocycles. The second-order valence-electron chi connectivity index (χ2n) is 3.79. The van der Waals surface area contributed by atoms with Crippen molar-refractivity contribution < 1.29 is 14.7 Å². The number of hydrogen-bond acceptors (Lipinski definition) is 4. The molecule has 1 unspecified atom stereocenters. The highest BCUT2D eigenvalue weighted by Gasteiger charge is 2.20. The summed E-state index contributed by atoms with van der Waals surface area (Å²) in [5, 5.41) is 11.6. The molecule has 0 saturated heterocycles. The van der Waals surface area contributed by atoms with E-state index < -0.39 is 11.9 Å². The average molecular weight is 271 g/mol. The summed E-state index contributed by atoms with van der Waals surface area (Å²) in [6.45, 7) is 3.97. The Hall–Kier alpha value is -1.50. The van der Waals surface area contributed by atoms with Gasteiger partial charge in [0.15, 0.2) is 11.4 Å². The molecule has 1 atom stereocenters. The first-order chi connectivity index (χ1) is 8.56. The number of nitrogens with zero attached hydrogens (tertiary/aromatic N) is 1. The number of imidazole rings is 1. The van der Waals surface area contributed by atoms with Crippen LogP contribution in [0, 0.1) is 0 Å². The van der Waals surface area contributed by atoms with Crippen LogP contribution in [0.25, 0.3) is 0 Å². The van der Waals surface area contributed by atoms with E-state index in [9.17, 15) is 9.59 Å². The average Bonchev–Trinajstić information content (AvgIpc) is 2.78. The zero-order valence-corrected chi connectivity index (χ0v) is 11.2. The molecule has 0 aliphatic rings. The lowest BCUT2D eigenvalue weighted by Gasteiger charge is -2.12. The van der Waals surface area contributed by atoms with Crippen LogP contribution in [0.4, 0.5) is 0 Å². The van der Waals surface area contributed by atoms with Crippen molar-refractivity contribution in [1.29, 1.82) is 0 Å². The number of aromatic carboxylic acids is 1. The SMILES string of the molecule is CCSCCC(C)NC(=O)c1nc[nH]c1C(=O)O. The van der Waals surface area contributed by atoms with Gasteiger partial charge in [0.1, 0.15) is 0 Å². The molecule has 100 valence electrons. The topological polar surface area (TPSA) is 95.1 Å². The molecule has 0 bridgehead atoms. The number of amides is 1. The number of nitrogens with one attached hydrogen (secondary N) is 2. The second-order valence-corrected chi connectivity index (χ2v) is 5.19. The third-order valence-electron chi connectivity index (χ3n) is 2.35. The van der Waals surface area contributed by atoms with Crippen molar-refractivity contribution in [3.63, 3.8) is 0 Å². The number of aromatic nitrogens is 2. The summed E-state index contributed by atoms with van der Waals surface area (Å²) in [6.07, 6.45) is 2.05. The molecular formula is C11H17N3O3S. The summed E-state index contributed by atoms with van der Waals surface area (Å²) in [5.74, 6) is 0.363. The van der Waals surface area contributed by atoms with Crippen LogP contribution in [0.3, 0.4) is 0 Å². The van der Waals surface area contributed by atoms with Gasteiger partial charge in [0.05, 0.1) is 6.33 Å². The molecule has 7 heteroatoms. The molecule has 1 amide bonds. The van der Waals surface area contributed by atoms with E-state index in [1.165, 1.54) is 6.33 Å². The maximum Gasteiger partial charge on any atom is 0.354 e. The molecule has 0 spiro atoms. The maximum atomic E-state index is 11.8. The highest BCUT2D eigenvalue weighted by atomic mass is 32.2. The summed E-state index contributed by atoms with van der Waals surface area (Å²) in [7, 11) is 0. The zero-order chi connectivity index (χ0) is 13.5. The van der Waals surface area contributed by atoms with Crippen molar-refractivity contribution in [2.45, 2.75) is 26.3 Å². The Balaban J connectivity index is 2.54.